The van der Waals surface area contributed by atoms with Crippen molar-refractivity contribution in [2.24, 2.45) is 0 Å². The predicted molar refractivity (Wildman–Crippen MR) is 574 cm³/mol. The number of rotatable bonds is 42. The average molecular weight is 2430 g/mol. The first kappa shape index (κ1) is 106. The summed E-state index contributed by atoms with van der Waals surface area (Å²) in [5, 5.41) is 41.4. The summed E-state index contributed by atoms with van der Waals surface area (Å²) < 4.78 is 29.1. The van der Waals surface area contributed by atoms with Crippen LogP contribution in [-0.4, -0.2) is 48.3 Å². The van der Waals surface area contributed by atoms with Crippen LogP contribution in [0.15, 0.2) is 194 Å². The molecule has 666 valence electrons. The maximum absolute atomic E-state index is 9.57. The van der Waals surface area contributed by atoms with E-state index in [1.807, 2.05) is 12.1 Å². The van der Waals surface area contributed by atoms with Crippen molar-refractivity contribution in [2.75, 3.05) is 31.3 Å². The molecule has 1 aliphatic rings. The van der Waals surface area contributed by atoms with Gasteiger partial charge in [0.05, 0.1) is 53.6 Å². The van der Waals surface area contributed by atoms with Gasteiger partial charge in [-0.05, 0) is 369 Å². The second-order valence-corrected chi connectivity index (χ2v) is 45.7. The van der Waals surface area contributed by atoms with Crippen LogP contribution in [0.5, 0.6) is 40.2 Å². The number of phenolic OH excluding ortho intramolecular Hbond substituents is 4. The van der Waals surface area contributed by atoms with E-state index in [9.17, 15) is 20.4 Å². The number of nitrogen functional groups attached to an aromatic ring is 2. The molecule has 10 aromatic carbocycles. The van der Waals surface area contributed by atoms with Gasteiger partial charge in [-0.3, -0.25) is 0 Å². The molecular weight excluding hydrogens is 2300 g/mol. The van der Waals surface area contributed by atoms with E-state index in [4.69, 9.17) is 25.7 Å². The van der Waals surface area contributed by atoms with Gasteiger partial charge in [0, 0.05) is 20.6 Å². The highest BCUT2D eigenvalue weighted by atomic mass is 127. The lowest BCUT2D eigenvalue weighted by Crippen LogP contribution is -2.55. The largest absolute Gasteiger partial charge is 0.507 e. The van der Waals surface area contributed by atoms with Crippen molar-refractivity contribution in [2.45, 2.75) is 260 Å². The Kier molecular flexibility index (Phi) is 49.2. The number of benzene rings is 10. The number of hydrogen-bond donors (Lipinski definition) is 6. The van der Waals surface area contributed by atoms with Crippen molar-refractivity contribution in [1.82, 2.24) is 0 Å². The van der Waals surface area contributed by atoms with Crippen molar-refractivity contribution in [3.8, 4) is 95.9 Å². The van der Waals surface area contributed by atoms with E-state index in [0.717, 1.165) is 101 Å². The second-order valence-electron chi connectivity index (χ2n) is 32.3. The van der Waals surface area contributed by atoms with E-state index in [1.165, 1.54) is 247 Å². The number of halogens is 10. The molecule has 0 radical (unpaired) electrons. The van der Waals surface area contributed by atoms with Crippen molar-refractivity contribution < 1.29 is 34.6 Å². The van der Waals surface area contributed by atoms with Gasteiger partial charge in [-0.2, -0.15) is 0 Å². The summed E-state index contributed by atoms with van der Waals surface area (Å²) >= 11 is 33.6. The molecule has 0 aliphatic carbocycles. The highest BCUT2D eigenvalue weighted by molar-refractivity contribution is 14.1. The summed E-state index contributed by atoms with van der Waals surface area (Å²) in [4.78, 5) is 0. The fourth-order valence-electron chi connectivity index (χ4n) is 15.2. The summed E-state index contributed by atoms with van der Waals surface area (Å²) in [5.41, 5.74) is 26.6. The molecule has 123 heavy (non-hydrogen) atoms. The van der Waals surface area contributed by atoms with Crippen LogP contribution in [0.1, 0.15) is 244 Å². The van der Waals surface area contributed by atoms with Crippen LogP contribution in [0.2, 0.25) is 12.1 Å². The van der Waals surface area contributed by atoms with Gasteiger partial charge in [-0.1, -0.05) is 304 Å². The van der Waals surface area contributed by atoms with E-state index in [1.54, 1.807) is 71.0 Å². The number of unbranched alkanes of at least 4 members (excludes halogenated alkanes) is 25. The standard InChI is InChI=1S/C37H58Br2OSi.C21H24Br2I2O.C21H26Br2O.C12H8Br2O2.C12H12N2O2/c1-5-8-11-14-17-20-23-40-35-27-32-31-26-30(4)33(38)28-36(31)41(37(32)29-34(35)39,24-21-18-15-12-9-6-2)25-22-19-16-13-10-7-3;1-3-4-5-6-7-8-9-26-21-11-16(20(25)13-18(21)23)15-10-14(2)17(22)12-19(15)24;1-3-4-5-6-7-8-13-24-21-15-18(10-12-20(21)23)17-9-11-19(22)16(2)14-17;2*13-9-3-1-7(5-11(9)15)8-2-4-10(14)12(16)6-8/h26-29H,5-25H2,1-4H3;10-13H,3-9H2,1-2H3;9-12,14-15H,3-8,13H2,1-2H3;1-6,15-16H;1-6,15-16H,13-14H2. The van der Waals surface area contributed by atoms with Gasteiger partial charge in [-0.25, -0.2) is 0 Å². The van der Waals surface area contributed by atoms with Crippen LogP contribution < -0.4 is 36.1 Å². The number of nitrogens with two attached hydrogens (primary N) is 2. The van der Waals surface area contributed by atoms with Crippen molar-refractivity contribution in [3.63, 3.8) is 0 Å². The van der Waals surface area contributed by atoms with Crippen LogP contribution >= 0.6 is 173 Å². The number of phenols is 4. The Morgan fingerprint density at radius 2 is 0.545 bits per heavy atom. The van der Waals surface area contributed by atoms with E-state index in [2.05, 4.69) is 313 Å². The number of ether oxygens (including phenoxy) is 3. The molecule has 1 heterocycles. The molecular formula is C103H128Br8I2N2O7Si. The number of anilines is 2. The highest BCUT2D eigenvalue weighted by Gasteiger charge is 2.45. The topological polar surface area (TPSA) is 161 Å². The smallest absolute Gasteiger partial charge is 0.139 e. The molecule has 8 N–H and O–H groups in total. The maximum atomic E-state index is 9.57. The van der Waals surface area contributed by atoms with Gasteiger partial charge in [0.25, 0.3) is 0 Å². The predicted octanol–water partition coefficient (Wildman–Crippen LogP) is 35.8. The molecule has 9 nitrogen and oxygen atoms in total. The lowest BCUT2D eigenvalue weighted by molar-refractivity contribution is 0.302. The third kappa shape index (κ3) is 34.3. The number of hydrogen-bond acceptors (Lipinski definition) is 9. The number of aryl methyl sites for hydroxylation is 3. The van der Waals surface area contributed by atoms with E-state index < -0.39 is 8.07 Å². The van der Waals surface area contributed by atoms with Crippen molar-refractivity contribution >= 4 is 202 Å². The number of fused-ring (bicyclic) bond motifs is 3. The SMILES string of the molecule is CCCCCCCCOc1cc(-c2cc(C)c(Br)cc2I)c(I)cc1Br.CCCCCCCCOc1cc(-c2ccc(Br)c(C)c2)ccc1Br.CCCCCCCCOc1cc2c(cc1Br)[Si](CCCCCCCC)(CCCCCCCC)c1cc(Br)c(C)cc1-2.Nc1ccc(-c2ccc(N)c(O)c2)cc1O.Oc1cc(-c2ccc(Br)c(O)c2)ccc1Br. The zero-order valence-corrected chi connectivity index (χ0v) is 91.2. The third-order valence-corrected chi connectivity index (χ3v) is 35.4. The molecule has 0 saturated carbocycles. The Hall–Kier alpha value is -4.08. The van der Waals surface area contributed by atoms with Crippen LogP contribution in [0.4, 0.5) is 11.4 Å². The zero-order chi connectivity index (χ0) is 89.4. The third-order valence-electron chi connectivity index (χ3n) is 22.5. The fourth-order valence-corrected chi connectivity index (χ4v) is 26.3. The Morgan fingerprint density at radius 3 is 0.943 bits per heavy atom. The van der Waals surface area contributed by atoms with E-state index in [-0.39, 0.29) is 23.0 Å². The van der Waals surface area contributed by atoms with Gasteiger partial charge in [0.1, 0.15) is 48.3 Å². The van der Waals surface area contributed by atoms with Crippen molar-refractivity contribution in [1.29, 1.82) is 0 Å². The van der Waals surface area contributed by atoms with Gasteiger partial charge in [-0.15, -0.1) is 0 Å². The number of aromatic hydroxyl groups is 4. The van der Waals surface area contributed by atoms with Gasteiger partial charge in [0.2, 0.25) is 0 Å². The summed E-state index contributed by atoms with van der Waals surface area (Å²) in [6, 6.07) is 54.6. The Morgan fingerprint density at radius 1 is 0.268 bits per heavy atom. The van der Waals surface area contributed by atoms with Crippen LogP contribution in [0.3, 0.4) is 0 Å². The summed E-state index contributed by atoms with van der Waals surface area (Å²) in [7, 11) is -1.89. The Labute approximate surface area is 832 Å². The monoisotopic (exact) mass is 2420 g/mol. The first-order valence-corrected chi connectivity index (χ1v) is 55.3. The van der Waals surface area contributed by atoms with Crippen LogP contribution in [-0.2, 0) is 0 Å². The maximum Gasteiger partial charge on any atom is 0.139 e. The molecule has 0 aromatic heterocycles. The molecule has 0 fully saturated rings. The summed E-state index contributed by atoms with van der Waals surface area (Å²) in [5.74, 6) is 3.31. The van der Waals surface area contributed by atoms with E-state index in [0.29, 0.717) is 20.3 Å². The fraction of sp³-hybridized carbons (Fsp3) is 0.417. The Bertz CT molecular complexity index is 4720. The first-order chi connectivity index (χ1) is 59.2. The minimum absolute atomic E-state index is 0.0221. The average Bonchev–Trinajstić information content (AvgIpc) is 1.65. The molecule has 0 unspecified atom stereocenters. The lowest BCUT2D eigenvalue weighted by Gasteiger charge is -2.31. The highest BCUT2D eigenvalue weighted by Crippen LogP contribution is 2.44. The quantitative estimate of drug-likeness (QED) is 0.00720. The van der Waals surface area contributed by atoms with E-state index >= 15 is 0 Å². The first-order valence-electron chi connectivity index (χ1n) is 44.4. The molecule has 20 heteroatoms. The van der Waals surface area contributed by atoms with Gasteiger partial charge in [0.15, 0.2) is 0 Å². The molecule has 0 bridgehead atoms. The minimum Gasteiger partial charge on any atom is -0.507 e. The normalized spacial score (nSPS) is 11.6. The molecule has 0 spiro atoms. The molecule has 10 aromatic rings. The van der Waals surface area contributed by atoms with Crippen LogP contribution in [0, 0.1) is 27.9 Å². The summed E-state index contributed by atoms with van der Waals surface area (Å²) in [6.45, 7) is 20.3. The molecule has 0 saturated heterocycles. The van der Waals surface area contributed by atoms with Gasteiger partial charge < -0.3 is 46.1 Å². The van der Waals surface area contributed by atoms with Gasteiger partial charge >= 0.3 is 0 Å². The second kappa shape index (κ2) is 57.2. The minimum atomic E-state index is -1.89. The molecule has 1 aliphatic heterocycles. The lowest BCUT2D eigenvalue weighted by atomic mass is 10.0. The Balaban J connectivity index is 0.000000221. The molecule has 0 atom stereocenters. The van der Waals surface area contributed by atoms with Crippen LogP contribution in [0.25, 0.3) is 55.6 Å². The zero-order valence-electron chi connectivity index (χ0n) is 73.2. The molecule has 11 rings (SSSR count). The van der Waals surface area contributed by atoms with Crippen molar-refractivity contribution in [3.05, 3.63) is 217 Å². The summed E-state index contributed by atoms with van der Waals surface area (Å²) in [6.07, 6.45) is 39.6. The molecule has 0 amide bonds.